The number of ether oxygens (including phenoxy) is 1. The minimum atomic E-state index is -0.516. The molecule has 0 saturated heterocycles. The van der Waals surface area contributed by atoms with Crippen molar-refractivity contribution in [3.8, 4) is 5.75 Å². The van der Waals surface area contributed by atoms with E-state index in [2.05, 4.69) is 26.6 Å². The third-order valence-electron chi connectivity index (χ3n) is 3.40. The molecular weight excluding hydrogens is 455 g/mol. The fourth-order valence-electron chi connectivity index (χ4n) is 1.99. The molecule has 0 atom stereocenters. The van der Waals surface area contributed by atoms with Gasteiger partial charge in [-0.3, -0.25) is 9.59 Å². The molecule has 27 heavy (non-hydrogen) atoms. The smallest absolute Gasteiger partial charge is 0.262 e. The van der Waals surface area contributed by atoms with E-state index in [-0.39, 0.29) is 18.4 Å². The zero-order chi connectivity index (χ0) is 20.2. The van der Waals surface area contributed by atoms with E-state index >= 15 is 0 Å². The van der Waals surface area contributed by atoms with Crippen molar-refractivity contribution in [3.05, 3.63) is 50.9 Å². The number of anilines is 2. The van der Waals surface area contributed by atoms with Crippen LogP contribution < -0.4 is 15.4 Å². The average Bonchev–Trinajstić information content (AvgIpc) is 2.53. The lowest BCUT2D eigenvalue weighted by molar-refractivity contribution is -0.123. The Morgan fingerprint density at radius 3 is 2.30 bits per heavy atom. The maximum atomic E-state index is 12.2. The highest BCUT2D eigenvalue weighted by Crippen LogP contribution is 2.36. The summed E-state index contributed by atoms with van der Waals surface area (Å²) in [6, 6.07) is 10.0. The summed E-state index contributed by atoms with van der Waals surface area (Å²) in [5.74, 6) is -0.147. The van der Waals surface area contributed by atoms with E-state index < -0.39 is 5.41 Å². The molecule has 0 aliphatic rings. The summed E-state index contributed by atoms with van der Waals surface area (Å²) in [5, 5.41) is 6.29. The van der Waals surface area contributed by atoms with Gasteiger partial charge in [0.2, 0.25) is 5.91 Å². The van der Waals surface area contributed by atoms with E-state index in [9.17, 15) is 9.59 Å². The molecular formula is C19H19BrCl2N2O3. The molecule has 2 rings (SSSR count). The molecule has 0 bridgehead atoms. The van der Waals surface area contributed by atoms with Crippen LogP contribution in [0.1, 0.15) is 20.8 Å². The van der Waals surface area contributed by atoms with Crippen molar-refractivity contribution in [3.63, 3.8) is 0 Å². The van der Waals surface area contributed by atoms with E-state index in [1.807, 2.05) is 20.8 Å². The van der Waals surface area contributed by atoms with Gasteiger partial charge in [-0.15, -0.1) is 0 Å². The fraction of sp³-hybridized carbons (Fsp3) is 0.263. The predicted octanol–water partition coefficient (Wildman–Crippen LogP) is 5.76. The molecule has 5 nitrogen and oxygen atoms in total. The molecule has 0 aliphatic carbocycles. The van der Waals surface area contributed by atoms with E-state index in [1.54, 1.807) is 30.3 Å². The largest absolute Gasteiger partial charge is 0.481 e. The van der Waals surface area contributed by atoms with Crippen molar-refractivity contribution in [1.29, 1.82) is 0 Å². The van der Waals surface area contributed by atoms with Gasteiger partial charge in [-0.1, -0.05) is 50.0 Å². The number of nitrogens with one attached hydrogen (secondary N) is 2. The monoisotopic (exact) mass is 472 g/mol. The Morgan fingerprint density at radius 1 is 1.07 bits per heavy atom. The van der Waals surface area contributed by atoms with E-state index in [0.29, 0.717) is 31.6 Å². The van der Waals surface area contributed by atoms with E-state index in [1.165, 1.54) is 6.07 Å². The average molecular weight is 474 g/mol. The minimum Gasteiger partial charge on any atom is -0.481 e. The van der Waals surface area contributed by atoms with Gasteiger partial charge in [0.25, 0.3) is 5.91 Å². The van der Waals surface area contributed by atoms with Crippen LogP contribution in [0, 0.1) is 5.41 Å². The summed E-state index contributed by atoms with van der Waals surface area (Å²) in [4.78, 5) is 24.2. The van der Waals surface area contributed by atoms with Crippen molar-refractivity contribution in [2.45, 2.75) is 20.8 Å². The van der Waals surface area contributed by atoms with Gasteiger partial charge < -0.3 is 15.4 Å². The Labute approximate surface area is 176 Å². The second-order valence-electron chi connectivity index (χ2n) is 6.82. The summed E-state index contributed by atoms with van der Waals surface area (Å²) in [6.07, 6.45) is 0. The van der Waals surface area contributed by atoms with Gasteiger partial charge >= 0.3 is 0 Å². The number of carbonyl (C=O) groups excluding carboxylic acids is 2. The molecule has 2 aromatic rings. The number of rotatable bonds is 5. The number of halogens is 3. The molecule has 0 unspecified atom stereocenters. The highest BCUT2D eigenvalue weighted by molar-refractivity contribution is 9.10. The number of hydrogen-bond acceptors (Lipinski definition) is 3. The van der Waals surface area contributed by atoms with Gasteiger partial charge in [-0.25, -0.2) is 0 Å². The molecule has 0 saturated carbocycles. The van der Waals surface area contributed by atoms with Crippen LogP contribution in [0.25, 0.3) is 0 Å². The van der Waals surface area contributed by atoms with Gasteiger partial charge in [-0.05, 0) is 46.3 Å². The second-order valence-corrected chi connectivity index (χ2v) is 8.52. The van der Waals surface area contributed by atoms with Gasteiger partial charge in [-0.2, -0.15) is 0 Å². The van der Waals surface area contributed by atoms with Crippen LogP contribution in [0.4, 0.5) is 11.4 Å². The fourth-order valence-corrected chi connectivity index (χ4v) is 3.36. The third-order valence-corrected chi connectivity index (χ3v) is 4.48. The van der Waals surface area contributed by atoms with Crippen molar-refractivity contribution >= 4 is 62.3 Å². The molecule has 2 aromatic carbocycles. The van der Waals surface area contributed by atoms with Crippen LogP contribution in [0.2, 0.25) is 10.0 Å². The summed E-state index contributed by atoms with van der Waals surface area (Å²) in [6.45, 7) is 5.24. The number of carbonyl (C=O) groups is 2. The molecule has 0 aromatic heterocycles. The lowest BCUT2D eigenvalue weighted by Crippen LogP contribution is -2.27. The highest BCUT2D eigenvalue weighted by atomic mass is 79.9. The Morgan fingerprint density at radius 2 is 1.70 bits per heavy atom. The van der Waals surface area contributed by atoms with Crippen LogP contribution in [-0.2, 0) is 9.59 Å². The Bertz CT molecular complexity index is 843. The zero-order valence-corrected chi connectivity index (χ0v) is 18.1. The van der Waals surface area contributed by atoms with Crippen LogP contribution in [0.15, 0.2) is 40.9 Å². The Balaban J connectivity index is 1.98. The van der Waals surface area contributed by atoms with Crippen molar-refractivity contribution in [2.75, 3.05) is 17.2 Å². The van der Waals surface area contributed by atoms with E-state index in [0.717, 1.165) is 0 Å². The number of amides is 2. The Hall–Kier alpha value is -1.76. The van der Waals surface area contributed by atoms with Gasteiger partial charge in [0.15, 0.2) is 12.4 Å². The van der Waals surface area contributed by atoms with Crippen molar-refractivity contribution < 1.29 is 14.3 Å². The van der Waals surface area contributed by atoms with Gasteiger partial charge in [0, 0.05) is 21.8 Å². The normalized spacial score (nSPS) is 11.0. The summed E-state index contributed by atoms with van der Waals surface area (Å²) < 4.78 is 6.03. The Kier molecular flexibility index (Phi) is 7.14. The molecule has 2 amide bonds. The summed E-state index contributed by atoms with van der Waals surface area (Å²) in [5.41, 5.74) is 0.618. The molecule has 0 spiro atoms. The maximum Gasteiger partial charge on any atom is 0.262 e. The second kappa shape index (κ2) is 8.95. The SMILES string of the molecule is CC(C)(C)C(=O)Nc1cccc(NC(=O)COc2c(Cl)cc(Cl)cc2Br)c1. The number of hydrogen-bond donors (Lipinski definition) is 2. The predicted molar refractivity (Wildman–Crippen MR) is 113 cm³/mol. The van der Waals surface area contributed by atoms with Crippen LogP contribution in [0.3, 0.4) is 0 Å². The first-order chi connectivity index (χ1) is 12.6. The lowest BCUT2D eigenvalue weighted by atomic mass is 9.95. The summed E-state index contributed by atoms with van der Waals surface area (Å²) in [7, 11) is 0. The maximum absolute atomic E-state index is 12.2. The quantitative estimate of drug-likeness (QED) is 0.580. The first-order valence-corrected chi connectivity index (χ1v) is 9.60. The van der Waals surface area contributed by atoms with Crippen LogP contribution >= 0.6 is 39.1 Å². The molecule has 144 valence electrons. The first-order valence-electron chi connectivity index (χ1n) is 8.05. The molecule has 0 heterocycles. The third kappa shape index (κ3) is 6.41. The topological polar surface area (TPSA) is 67.4 Å². The van der Waals surface area contributed by atoms with Crippen molar-refractivity contribution in [1.82, 2.24) is 0 Å². The zero-order valence-electron chi connectivity index (χ0n) is 15.0. The first kappa shape index (κ1) is 21.5. The standard InChI is InChI=1S/C19H19BrCl2N2O3/c1-19(2,3)18(26)24-13-6-4-5-12(9-13)23-16(25)10-27-17-14(20)7-11(21)8-15(17)22/h4-9H,10H2,1-3H3,(H,23,25)(H,24,26). The molecule has 0 radical (unpaired) electrons. The van der Waals surface area contributed by atoms with Crippen LogP contribution in [-0.4, -0.2) is 18.4 Å². The molecule has 0 aliphatic heterocycles. The van der Waals surface area contributed by atoms with Crippen LogP contribution in [0.5, 0.6) is 5.75 Å². The molecule has 8 heteroatoms. The number of benzene rings is 2. The van der Waals surface area contributed by atoms with E-state index in [4.69, 9.17) is 27.9 Å². The lowest BCUT2D eigenvalue weighted by Gasteiger charge is -2.18. The molecule has 2 N–H and O–H groups in total. The van der Waals surface area contributed by atoms with Crippen molar-refractivity contribution in [2.24, 2.45) is 5.41 Å². The van der Waals surface area contributed by atoms with Gasteiger partial charge in [0.1, 0.15) is 0 Å². The minimum absolute atomic E-state index is 0.114. The molecule has 0 fully saturated rings. The summed E-state index contributed by atoms with van der Waals surface area (Å²) >= 11 is 15.3. The highest BCUT2D eigenvalue weighted by Gasteiger charge is 2.21. The van der Waals surface area contributed by atoms with Gasteiger partial charge in [0.05, 0.1) is 9.50 Å².